The quantitative estimate of drug-likeness (QED) is 0.612. The number of ether oxygens (including phenoxy) is 1. The predicted molar refractivity (Wildman–Crippen MR) is 98.4 cm³/mol. The summed E-state index contributed by atoms with van der Waals surface area (Å²) in [7, 11) is 0. The summed E-state index contributed by atoms with van der Waals surface area (Å²) < 4.78 is 7.63. The summed E-state index contributed by atoms with van der Waals surface area (Å²) in [4.78, 5) is 28.9. The van der Waals surface area contributed by atoms with Crippen LogP contribution in [-0.4, -0.2) is 15.4 Å². The lowest BCUT2D eigenvalue weighted by atomic mass is 9.97. The molecule has 0 unspecified atom stereocenters. The van der Waals surface area contributed by atoms with Crippen molar-refractivity contribution in [3.05, 3.63) is 80.8 Å². The summed E-state index contributed by atoms with van der Waals surface area (Å²) in [5.74, 6) is -0.634. The topological polar surface area (TPSA) is 60.7 Å². The number of fused-ring (bicyclic) bond motifs is 1. The van der Waals surface area contributed by atoms with Crippen molar-refractivity contribution in [2.75, 3.05) is 0 Å². The summed E-state index contributed by atoms with van der Waals surface area (Å²) in [5, 5.41) is 0. The van der Waals surface area contributed by atoms with Crippen molar-refractivity contribution in [1.82, 2.24) is 9.38 Å². The van der Waals surface area contributed by atoms with Gasteiger partial charge < -0.3 is 4.74 Å². The Morgan fingerprint density at radius 3 is 2.72 bits per heavy atom. The van der Waals surface area contributed by atoms with E-state index < -0.39 is 0 Å². The lowest BCUT2D eigenvalue weighted by molar-refractivity contribution is -0.147. The number of halogens is 1. The van der Waals surface area contributed by atoms with Crippen LogP contribution in [-0.2, 0) is 16.1 Å². The minimum absolute atomic E-state index is 0.0238. The van der Waals surface area contributed by atoms with E-state index in [0.29, 0.717) is 17.8 Å². The summed E-state index contributed by atoms with van der Waals surface area (Å²) in [6.07, 6.45) is 2.30. The zero-order valence-electron chi connectivity index (χ0n) is 13.7. The van der Waals surface area contributed by atoms with Gasteiger partial charge in [0.2, 0.25) is 0 Å². The van der Waals surface area contributed by atoms with Gasteiger partial charge in [0.05, 0.1) is 11.6 Å². The molecule has 2 aromatic heterocycles. The fourth-order valence-corrected chi connectivity index (χ4v) is 3.01. The van der Waals surface area contributed by atoms with Gasteiger partial charge in [0.15, 0.2) is 0 Å². The molecule has 128 valence electrons. The van der Waals surface area contributed by atoms with E-state index in [1.165, 1.54) is 10.5 Å². The molecule has 0 bridgehead atoms. The summed E-state index contributed by atoms with van der Waals surface area (Å²) in [6, 6.07) is 14.4. The average Bonchev–Trinajstić information content (AvgIpc) is 2.62. The monoisotopic (exact) mass is 400 g/mol. The first kappa shape index (κ1) is 17.4. The number of rotatable bonds is 5. The molecule has 0 aliphatic rings. The van der Waals surface area contributed by atoms with E-state index in [1.807, 2.05) is 37.3 Å². The van der Waals surface area contributed by atoms with Crippen LogP contribution < -0.4 is 5.56 Å². The van der Waals surface area contributed by atoms with Gasteiger partial charge in [-0.3, -0.25) is 14.0 Å². The van der Waals surface area contributed by atoms with E-state index in [4.69, 9.17) is 4.74 Å². The Balaban J connectivity index is 1.77. The first-order valence-electron chi connectivity index (χ1n) is 7.98. The zero-order chi connectivity index (χ0) is 17.8. The highest BCUT2D eigenvalue weighted by Gasteiger charge is 2.20. The molecule has 0 spiro atoms. The number of pyridine rings is 1. The highest BCUT2D eigenvalue weighted by molar-refractivity contribution is 9.10. The molecule has 0 saturated carbocycles. The fraction of sp³-hybridized carbons (Fsp3) is 0.211. The maximum absolute atomic E-state index is 12.4. The third-order valence-corrected chi connectivity index (χ3v) is 4.40. The lowest BCUT2D eigenvalue weighted by Gasteiger charge is -2.14. The average molecular weight is 401 g/mol. The first-order valence-corrected chi connectivity index (χ1v) is 8.77. The standard InChI is InChI=1S/C19H17BrN2O3/c1-2-16(13-6-4-3-5-7-13)19(24)25-12-15-10-18(23)22-11-14(20)8-9-17(22)21-15/h3-11,16H,2,12H2,1H3/t16-/m1/s1. The molecule has 0 amide bonds. The number of hydrogen-bond donors (Lipinski definition) is 0. The first-order chi connectivity index (χ1) is 12.1. The van der Waals surface area contributed by atoms with E-state index >= 15 is 0 Å². The molecular formula is C19H17BrN2O3. The van der Waals surface area contributed by atoms with Gasteiger partial charge in [0, 0.05) is 16.7 Å². The number of carbonyl (C=O) groups is 1. The Morgan fingerprint density at radius 2 is 2.00 bits per heavy atom. The van der Waals surface area contributed by atoms with Gasteiger partial charge in [-0.2, -0.15) is 0 Å². The second-order valence-corrected chi connectivity index (χ2v) is 6.56. The van der Waals surface area contributed by atoms with Gasteiger partial charge in [-0.15, -0.1) is 0 Å². The van der Waals surface area contributed by atoms with E-state index in [9.17, 15) is 9.59 Å². The van der Waals surface area contributed by atoms with E-state index in [0.717, 1.165) is 10.0 Å². The molecule has 0 N–H and O–H groups in total. The van der Waals surface area contributed by atoms with Crippen LogP contribution in [0.4, 0.5) is 0 Å². The van der Waals surface area contributed by atoms with Crippen LogP contribution >= 0.6 is 15.9 Å². The number of aromatic nitrogens is 2. The lowest BCUT2D eigenvalue weighted by Crippen LogP contribution is -2.19. The molecule has 5 nitrogen and oxygen atoms in total. The number of hydrogen-bond acceptors (Lipinski definition) is 4. The van der Waals surface area contributed by atoms with E-state index in [-0.39, 0.29) is 24.1 Å². The smallest absolute Gasteiger partial charge is 0.313 e. The van der Waals surface area contributed by atoms with Gasteiger partial charge in [-0.25, -0.2) is 4.98 Å². The maximum atomic E-state index is 12.4. The predicted octanol–water partition coefficient (Wildman–Crippen LogP) is 3.69. The second kappa shape index (κ2) is 7.61. The Kier molecular flexibility index (Phi) is 5.28. The van der Waals surface area contributed by atoms with Crippen molar-refractivity contribution in [2.45, 2.75) is 25.9 Å². The normalized spacial score (nSPS) is 12.1. The van der Waals surface area contributed by atoms with Crippen molar-refractivity contribution in [3.63, 3.8) is 0 Å². The molecule has 3 aromatic rings. The minimum atomic E-state index is -0.321. The zero-order valence-corrected chi connectivity index (χ0v) is 15.3. The van der Waals surface area contributed by atoms with Crippen molar-refractivity contribution < 1.29 is 9.53 Å². The molecule has 2 heterocycles. The van der Waals surface area contributed by atoms with Crippen LogP contribution in [0.5, 0.6) is 0 Å². The van der Waals surface area contributed by atoms with Crippen molar-refractivity contribution in [3.8, 4) is 0 Å². The molecule has 1 atom stereocenters. The number of carbonyl (C=O) groups excluding carboxylic acids is 1. The van der Waals surface area contributed by atoms with Crippen LogP contribution in [0.3, 0.4) is 0 Å². The Morgan fingerprint density at radius 1 is 1.24 bits per heavy atom. The molecule has 1 aromatic carbocycles. The van der Waals surface area contributed by atoms with Gasteiger partial charge in [0.1, 0.15) is 12.3 Å². The highest BCUT2D eigenvalue weighted by Crippen LogP contribution is 2.21. The van der Waals surface area contributed by atoms with Crippen LogP contribution in [0.2, 0.25) is 0 Å². The van der Waals surface area contributed by atoms with Crippen LogP contribution in [0.15, 0.2) is 64.0 Å². The summed E-state index contributed by atoms with van der Waals surface area (Å²) in [5.41, 5.74) is 1.65. The third kappa shape index (κ3) is 3.96. The maximum Gasteiger partial charge on any atom is 0.313 e. The third-order valence-electron chi connectivity index (χ3n) is 3.93. The number of benzene rings is 1. The van der Waals surface area contributed by atoms with E-state index in [2.05, 4.69) is 20.9 Å². The molecule has 25 heavy (non-hydrogen) atoms. The molecule has 0 radical (unpaired) electrons. The van der Waals surface area contributed by atoms with E-state index in [1.54, 1.807) is 18.3 Å². The fourth-order valence-electron chi connectivity index (χ4n) is 2.67. The van der Waals surface area contributed by atoms with Gasteiger partial charge in [0.25, 0.3) is 5.56 Å². The molecule has 0 saturated heterocycles. The Hall–Kier alpha value is -2.47. The molecular weight excluding hydrogens is 384 g/mol. The highest BCUT2D eigenvalue weighted by atomic mass is 79.9. The van der Waals surface area contributed by atoms with Gasteiger partial charge >= 0.3 is 5.97 Å². The minimum Gasteiger partial charge on any atom is -0.459 e. The van der Waals surface area contributed by atoms with Crippen LogP contribution in [0.25, 0.3) is 5.65 Å². The molecule has 6 heteroatoms. The molecule has 0 fully saturated rings. The molecule has 3 rings (SSSR count). The Labute approximate surface area is 153 Å². The van der Waals surface area contributed by atoms with Gasteiger partial charge in [-0.05, 0) is 40.0 Å². The number of nitrogens with zero attached hydrogens (tertiary/aromatic N) is 2. The SMILES string of the molecule is CC[C@@H](C(=O)OCc1cc(=O)n2cc(Br)ccc2n1)c1ccccc1. The van der Waals surface area contributed by atoms with Gasteiger partial charge in [-0.1, -0.05) is 37.3 Å². The summed E-state index contributed by atoms with van der Waals surface area (Å²) >= 11 is 3.32. The number of esters is 1. The second-order valence-electron chi connectivity index (χ2n) is 5.64. The molecule has 0 aliphatic carbocycles. The van der Waals surface area contributed by atoms with Crippen LogP contribution in [0, 0.1) is 0 Å². The molecule has 0 aliphatic heterocycles. The van der Waals surface area contributed by atoms with Crippen molar-refractivity contribution in [2.24, 2.45) is 0 Å². The Bertz CT molecular complexity index is 954. The van der Waals surface area contributed by atoms with Crippen molar-refractivity contribution in [1.29, 1.82) is 0 Å². The van der Waals surface area contributed by atoms with Crippen molar-refractivity contribution >= 4 is 27.5 Å². The largest absolute Gasteiger partial charge is 0.459 e. The van der Waals surface area contributed by atoms with Crippen LogP contribution in [0.1, 0.15) is 30.5 Å². The summed E-state index contributed by atoms with van der Waals surface area (Å²) in [6.45, 7) is 1.92.